The van der Waals surface area contributed by atoms with Crippen molar-refractivity contribution in [3.05, 3.63) is 54.0 Å². The SMILES string of the molecule is CCc1nc2ccccc2n1Cc1cccc(OC)n1. The number of methoxy groups -OCH3 is 1. The van der Waals surface area contributed by atoms with Crippen LogP contribution in [0.1, 0.15) is 18.4 Å². The molecule has 0 aliphatic carbocycles. The first-order valence-corrected chi connectivity index (χ1v) is 6.76. The van der Waals surface area contributed by atoms with Gasteiger partial charge in [0.2, 0.25) is 5.88 Å². The van der Waals surface area contributed by atoms with E-state index < -0.39 is 0 Å². The number of hydrogen-bond acceptors (Lipinski definition) is 3. The lowest BCUT2D eigenvalue weighted by Gasteiger charge is -2.08. The highest BCUT2D eigenvalue weighted by molar-refractivity contribution is 5.76. The maximum atomic E-state index is 5.18. The number of imidazole rings is 1. The van der Waals surface area contributed by atoms with Crippen molar-refractivity contribution in [2.24, 2.45) is 0 Å². The van der Waals surface area contributed by atoms with Crippen LogP contribution in [0.4, 0.5) is 0 Å². The van der Waals surface area contributed by atoms with Crippen LogP contribution in [0.5, 0.6) is 5.88 Å². The van der Waals surface area contributed by atoms with Crippen LogP contribution >= 0.6 is 0 Å². The van der Waals surface area contributed by atoms with Crippen molar-refractivity contribution in [2.75, 3.05) is 7.11 Å². The zero-order valence-corrected chi connectivity index (χ0v) is 11.7. The van der Waals surface area contributed by atoms with Crippen molar-refractivity contribution < 1.29 is 4.74 Å². The highest BCUT2D eigenvalue weighted by Gasteiger charge is 2.10. The number of para-hydroxylation sites is 2. The van der Waals surface area contributed by atoms with Crippen molar-refractivity contribution in [1.29, 1.82) is 0 Å². The number of aromatic nitrogens is 3. The molecular formula is C16H17N3O. The van der Waals surface area contributed by atoms with Crippen LogP contribution in [-0.4, -0.2) is 21.6 Å². The number of pyridine rings is 1. The van der Waals surface area contributed by atoms with E-state index in [0.29, 0.717) is 12.4 Å². The van der Waals surface area contributed by atoms with E-state index in [1.807, 2.05) is 36.4 Å². The van der Waals surface area contributed by atoms with Gasteiger partial charge in [-0.2, -0.15) is 0 Å². The van der Waals surface area contributed by atoms with Gasteiger partial charge in [0, 0.05) is 12.5 Å². The molecule has 0 amide bonds. The molecule has 4 nitrogen and oxygen atoms in total. The van der Waals surface area contributed by atoms with Gasteiger partial charge in [0.15, 0.2) is 0 Å². The number of ether oxygens (including phenoxy) is 1. The third-order valence-corrected chi connectivity index (χ3v) is 3.36. The molecule has 0 saturated heterocycles. The first-order chi connectivity index (χ1) is 9.81. The van der Waals surface area contributed by atoms with Crippen LogP contribution in [0.2, 0.25) is 0 Å². The third kappa shape index (κ3) is 2.25. The van der Waals surface area contributed by atoms with E-state index in [2.05, 4.69) is 27.5 Å². The molecule has 2 aromatic heterocycles. The van der Waals surface area contributed by atoms with Gasteiger partial charge in [-0.15, -0.1) is 0 Å². The molecule has 3 rings (SSSR count). The summed E-state index contributed by atoms with van der Waals surface area (Å²) in [5, 5.41) is 0. The summed E-state index contributed by atoms with van der Waals surface area (Å²) in [5.41, 5.74) is 3.16. The van der Waals surface area contributed by atoms with E-state index in [4.69, 9.17) is 4.74 Å². The lowest BCUT2D eigenvalue weighted by atomic mass is 10.3. The normalized spacial score (nSPS) is 10.9. The van der Waals surface area contributed by atoms with Gasteiger partial charge < -0.3 is 9.30 Å². The Bertz CT molecular complexity index is 733. The number of aryl methyl sites for hydroxylation is 1. The van der Waals surface area contributed by atoms with Crippen LogP contribution in [0.15, 0.2) is 42.5 Å². The Morgan fingerprint density at radius 3 is 2.70 bits per heavy atom. The summed E-state index contributed by atoms with van der Waals surface area (Å²) in [6.45, 7) is 2.83. The largest absolute Gasteiger partial charge is 0.481 e. The zero-order chi connectivity index (χ0) is 13.9. The van der Waals surface area contributed by atoms with Crippen molar-refractivity contribution in [3.8, 4) is 5.88 Å². The van der Waals surface area contributed by atoms with Crippen LogP contribution in [0, 0.1) is 0 Å². The van der Waals surface area contributed by atoms with Gasteiger partial charge in [-0.1, -0.05) is 25.1 Å². The van der Waals surface area contributed by atoms with Crippen molar-refractivity contribution in [2.45, 2.75) is 19.9 Å². The van der Waals surface area contributed by atoms with Crippen molar-refractivity contribution in [3.63, 3.8) is 0 Å². The number of nitrogens with zero attached hydrogens (tertiary/aromatic N) is 3. The molecule has 3 aromatic rings. The summed E-state index contributed by atoms with van der Waals surface area (Å²) < 4.78 is 7.40. The second-order valence-corrected chi connectivity index (χ2v) is 4.63. The summed E-state index contributed by atoms with van der Waals surface area (Å²) in [6.07, 6.45) is 0.901. The Kier molecular flexibility index (Phi) is 3.37. The smallest absolute Gasteiger partial charge is 0.213 e. The van der Waals surface area contributed by atoms with E-state index >= 15 is 0 Å². The van der Waals surface area contributed by atoms with Gasteiger partial charge in [0.05, 0.1) is 30.4 Å². The highest BCUT2D eigenvalue weighted by atomic mass is 16.5. The topological polar surface area (TPSA) is 39.9 Å². The molecule has 0 atom stereocenters. The molecule has 0 saturated carbocycles. The average molecular weight is 267 g/mol. The minimum atomic E-state index is 0.643. The molecule has 0 fully saturated rings. The predicted octanol–water partition coefficient (Wildman–Crippen LogP) is 3.05. The van der Waals surface area contributed by atoms with E-state index in [-0.39, 0.29) is 0 Å². The first kappa shape index (κ1) is 12.7. The third-order valence-electron chi connectivity index (χ3n) is 3.36. The Morgan fingerprint density at radius 2 is 1.90 bits per heavy atom. The molecule has 0 N–H and O–H groups in total. The highest BCUT2D eigenvalue weighted by Crippen LogP contribution is 2.18. The standard InChI is InChI=1S/C16H17N3O/c1-3-15-18-13-8-4-5-9-14(13)19(15)11-12-7-6-10-16(17-12)20-2/h4-10H,3,11H2,1-2H3. The van der Waals surface area contributed by atoms with E-state index in [1.54, 1.807) is 7.11 Å². The van der Waals surface area contributed by atoms with Crippen LogP contribution in [-0.2, 0) is 13.0 Å². The summed E-state index contributed by atoms with van der Waals surface area (Å²) in [6, 6.07) is 14.0. The summed E-state index contributed by atoms with van der Waals surface area (Å²) in [7, 11) is 1.64. The lowest BCUT2D eigenvalue weighted by molar-refractivity contribution is 0.396. The van der Waals surface area contributed by atoms with E-state index in [0.717, 1.165) is 29.0 Å². The monoisotopic (exact) mass is 267 g/mol. The van der Waals surface area contributed by atoms with E-state index in [9.17, 15) is 0 Å². The summed E-state index contributed by atoms with van der Waals surface area (Å²) in [4.78, 5) is 9.15. The van der Waals surface area contributed by atoms with Gasteiger partial charge in [-0.25, -0.2) is 9.97 Å². The second-order valence-electron chi connectivity index (χ2n) is 4.63. The Hall–Kier alpha value is -2.36. The molecule has 2 heterocycles. The molecule has 1 aromatic carbocycles. The maximum absolute atomic E-state index is 5.18. The number of benzene rings is 1. The molecule has 0 aliphatic rings. The second kappa shape index (κ2) is 5.33. The minimum Gasteiger partial charge on any atom is -0.481 e. The van der Waals surface area contributed by atoms with Gasteiger partial charge in [-0.05, 0) is 18.2 Å². The summed E-state index contributed by atoms with van der Waals surface area (Å²) >= 11 is 0. The molecule has 0 spiro atoms. The number of hydrogen-bond donors (Lipinski definition) is 0. The van der Waals surface area contributed by atoms with Crippen molar-refractivity contribution >= 4 is 11.0 Å². The Balaban J connectivity index is 2.04. The first-order valence-electron chi connectivity index (χ1n) is 6.76. The maximum Gasteiger partial charge on any atom is 0.213 e. The van der Waals surface area contributed by atoms with Crippen LogP contribution in [0.3, 0.4) is 0 Å². The fourth-order valence-electron chi connectivity index (χ4n) is 2.39. The number of fused-ring (bicyclic) bond motifs is 1. The molecule has 0 unspecified atom stereocenters. The Morgan fingerprint density at radius 1 is 1.05 bits per heavy atom. The van der Waals surface area contributed by atoms with Gasteiger partial charge >= 0.3 is 0 Å². The lowest BCUT2D eigenvalue weighted by Crippen LogP contribution is -2.06. The zero-order valence-electron chi connectivity index (χ0n) is 11.7. The molecule has 4 heteroatoms. The summed E-state index contributed by atoms with van der Waals surface area (Å²) in [5.74, 6) is 1.72. The molecule has 0 radical (unpaired) electrons. The van der Waals surface area contributed by atoms with Gasteiger partial charge in [0.25, 0.3) is 0 Å². The molecular weight excluding hydrogens is 250 g/mol. The Labute approximate surface area is 118 Å². The molecule has 0 aliphatic heterocycles. The van der Waals surface area contributed by atoms with Crippen molar-refractivity contribution in [1.82, 2.24) is 14.5 Å². The number of rotatable bonds is 4. The molecule has 0 bridgehead atoms. The van der Waals surface area contributed by atoms with Crippen LogP contribution < -0.4 is 4.74 Å². The van der Waals surface area contributed by atoms with Gasteiger partial charge in [-0.3, -0.25) is 0 Å². The van der Waals surface area contributed by atoms with Gasteiger partial charge in [0.1, 0.15) is 5.82 Å². The van der Waals surface area contributed by atoms with Crippen LogP contribution in [0.25, 0.3) is 11.0 Å². The quantitative estimate of drug-likeness (QED) is 0.729. The van der Waals surface area contributed by atoms with E-state index in [1.165, 1.54) is 0 Å². The average Bonchev–Trinajstić information content (AvgIpc) is 2.85. The molecule has 102 valence electrons. The molecule has 20 heavy (non-hydrogen) atoms. The fourth-order valence-corrected chi connectivity index (χ4v) is 2.39. The minimum absolute atomic E-state index is 0.643. The fraction of sp³-hybridized carbons (Fsp3) is 0.250. The predicted molar refractivity (Wildman–Crippen MR) is 79.0 cm³/mol.